The van der Waals surface area contributed by atoms with Gasteiger partial charge >= 0.3 is 5.97 Å². The molecular weight excluding hydrogens is 426 g/mol. The lowest BCUT2D eigenvalue weighted by Crippen LogP contribution is -2.34. The summed E-state index contributed by atoms with van der Waals surface area (Å²) in [6.45, 7) is 4.10. The maximum Gasteiger partial charge on any atom is 0.306 e. The van der Waals surface area contributed by atoms with Crippen molar-refractivity contribution in [1.82, 2.24) is 10.6 Å². The zero-order chi connectivity index (χ0) is 23.3. The standard InChI is InChI=1S/C24H29N3O4S/c1-17(2)25-23(30)19-10-12-20(13-11-19)26-24(32)27-21(28)14-15-22(29)31-16-6-9-18-7-4-3-5-8-18/h3-5,7-8,10-13,17H,6,9,14-16H2,1-2H3,(H,25,30)(H2,26,27,28,32). The van der Waals surface area contributed by atoms with Crippen LogP contribution in [0.2, 0.25) is 0 Å². The van der Waals surface area contributed by atoms with Crippen LogP contribution in [-0.2, 0) is 20.7 Å². The number of nitrogens with one attached hydrogen (secondary N) is 3. The molecule has 0 spiro atoms. The number of aryl methyl sites for hydroxylation is 1. The zero-order valence-corrected chi connectivity index (χ0v) is 19.2. The smallest absolute Gasteiger partial charge is 0.306 e. The Morgan fingerprint density at radius 3 is 2.31 bits per heavy atom. The summed E-state index contributed by atoms with van der Waals surface area (Å²) in [7, 11) is 0. The Balaban J connectivity index is 1.63. The molecule has 0 aromatic heterocycles. The minimum Gasteiger partial charge on any atom is -0.466 e. The van der Waals surface area contributed by atoms with E-state index in [4.69, 9.17) is 17.0 Å². The van der Waals surface area contributed by atoms with Crippen molar-refractivity contribution in [3.8, 4) is 0 Å². The van der Waals surface area contributed by atoms with Crippen molar-refractivity contribution in [3.05, 3.63) is 65.7 Å². The third-order valence-corrected chi connectivity index (χ3v) is 4.55. The molecule has 0 saturated heterocycles. The van der Waals surface area contributed by atoms with Gasteiger partial charge in [-0.05, 0) is 68.7 Å². The van der Waals surface area contributed by atoms with E-state index in [2.05, 4.69) is 16.0 Å². The van der Waals surface area contributed by atoms with Crippen molar-refractivity contribution in [2.24, 2.45) is 0 Å². The number of amides is 2. The fourth-order valence-electron chi connectivity index (χ4n) is 2.80. The van der Waals surface area contributed by atoms with Gasteiger partial charge in [-0.15, -0.1) is 0 Å². The molecule has 0 saturated carbocycles. The second-order valence-corrected chi connectivity index (χ2v) is 7.93. The molecule has 8 heteroatoms. The molecule has 3 N–H and O–H groups in total. The molecule has 0 aliphatic carbocycles. The van der Waals surface area contributed by atoms with Crippen molar-refractivity contribution < 1.29 is 19.1 Å². The van der Waals surface area contributed by atoms with E-state index in [1.54, 1.807) is 24.3 Å². The van der Waals surface area contributed by atoms with Gasteiger partial charge < -0.3 is 20.7 Å². The van der Waals surface area contributed by atoms with E-state index in [9.17, 15) is 14.4 Å². The number of carbonyl (C=O) groups is 3. The highest BCUT2D eigenvalue weighted by molar-refractivity contribution is 7.80. The zero-order valence-electron chi connectivity index (χ0n) is 18.4. The van der Waals surface area contributed by atoms with Crippen LogP contribution in [0.5, 0.6) is 0 Å². The molecule has 0 atom stereocenters. The number of thiocarbonyl (C=S) groups is 1. The fourth-order valence-corrected chi connectivity index (χ4v) is 3.03. The summed E-state index contributed by atoms with van der Waals surface area (Å²) in [4.78, 5) is 35.8. The van der Waals surface area contributed by atoms with Gasteiger partial charge in [-0.25, -0.2) is 0 Å². The van der Waals surface area contributed by atoms with Gasteiger partial charge in [0.15, 0.2) is 5.11 Å². The molecule has 0 bridgehead atoms. The van der Waals surface area contributed by atoms with Crippen LogP contribution in [0, 0.1) is 0 Å². The van der Waals surface area contributed by atoms with Gasteiger partial charge in [-0.2, -0.15) is 0 Å². The summed E-state index contributed by atoms with van der Waals surface area (Å²) in [6, 6.07) is 16.7. The van der Waals surface area contributed by atoms with Gasteiger partial charge in [0.25, 0.3) is 5.91 Å². The Bertz CT molecular complexity index is 915. The Morgan fingerprint density at radius 2 is 1.66 bits per heavy atom. The molecular formula is C24H29N3O4S. The maximum atomic E-state index is 12.0. The van der Waals surface area contributed by atoms with Gasteiger partial charge in [0, 0.05) is 23.7 Å². The number of hydrogen-bond donors (Lipinski definition) is 3. The number of ether oxygens (including phenoxy) is 1. The third-order valence-electron chi connectivity index (χ3n) is 4.35. The predicted octanol–water partition coefficient (Wildman–Crippen LogP) is 3.59. The van der Waals surface area contributed by atoms with Gasteiger partial charge in [0.1, 0.15) is 0 Å². The number of benzene rings is 2. The van der Waals surface area contributed by atoms with Crippen LogP contribution >= 0.6 is 12.2 Å². The highest BCUT2D eigenvalue weighted by Gasteiger charge is 2.11. The van der Waals surface area contributed by atoms with Crippen LogP contribution in [0.15, 0.2) is 54.6 Å². The number of rotatable bonds is 10. The summed E-state index contributed by atoms with van der Waals surface area (Å²) in [5, 5.41) is 8.34. The van der Waals surface area contributed by atoms with E-state index in [1.807, 2.05) is 44.2 Å². The average molecular weight is 456 g/mol. The monoisotopic (exact) mass is 455 g/mol. The summed E-state index contributed by atoms with van der Waals surface area (Å²) >= 11 is 5.13. The molecule has 2 amide bonds. The highest BCUT2D eigenvalue weighted by atomic mass is 32.1. The first-order valence-corrected chi connectivity index (χ1v) is 11.0. The van der Waals surface area contributed by atoms with Crippen molar-refractivity contribution in [1.29, 1.82) is 0 Å². The van der Waals surface area contributed by atoms with Crippen LogP contribution in [0.3, 0.4) is 0 Å². The molecule has 2 aromatic rings. The van der Waals surface area contributed by atoms with Crippen molar-refractivity contribution >= 4 is 40.8 Å². The predicted molar refractivity (Wildman–Crippen MR) is 128 cm³/mol. The molecule has 2 aromatic carbocycles. The van der Waals surface area contributed by atoms with Gasteiger partial charge in [0.2, 0.25) is 5.91 Å². The Morgan fingerprint density at radius 1 is 0.969 bits per heavy atom. The normalized spacial score (nSPS) is 10.3. The molecule has 7 nitrogen and oxygen atoms in total. The number of anilines is 1. The second kappa shape index (κ2) is 13.2. The third kappa shape index (κ3) is 9.70. The second-order valence-electron chi connectivity index (χ2n) is 7.52. The van der Waals surface area contributed by atoms with Crippen LogP contribution in [-0.4, -0.2) is 35.5 Å². The number of hydrogen-bond acceptors (Lipinski definition) is 5. The van der Waals surface area contributed by atoms with Gasteiger partial charge in [-0.1, -0.05) is 30.3 Å². The van der Waals surface area contributed by atoms with Crippen molar-refractivity contribution in [2.75, 3.05) is 11.9 Å². The molecule has 0 radical (unpaired) electrons. The molecule has 170 valence electrons. The van der Waals surface area contributed by atoms with E-state index in [1.165, 1.54) is 5.56 Å². The SMILES string of the molecule is CC(C)NC(=O)c1ccc(NC(=S)NC(=O)CCC(=O)OCCCc2ccccc2)cc1. The summed E-state index contributed by atoms with van der Waals surface area (Å²) in [5.74, 6) is -0.951. The first-order valence-electron chi connectivity index (χ1n) is 10.5. The summed E-state index contributed by atoms with van der Waals surface area (Å²) in [5.41, 5.74) is 2.35. The summed E-state index contributed by atoms with van der Waals surface area (Å²) < 4.78 is 5.17. The molecule has 0 aliphatic rings. The van der Waals surface area contributed by atoms with E-state index in [0.717, 1.165) is 12.8 Å². The Kier molecular flexibility index (Phi) is 10.3. The Hall–Kier alpha value is -3.26. The van der Waals surface area contributed by atoms with Crippen molar-refractivity contribution in [2.45, 2.75) is 45.6 Å². The van der Waals surface area contributed by atoms with Gasteiger partial charge in [0.05, 0.1) is 13.0 Å². The molecule has 0 heterocycles. The minimum absolute atomic E-state index is 0.0144. The highest BCUT2D eigenvalue weighted by Crippen LogP contribution is 2.10. The van der Waals surface area contributed by atoms with Crippen LogP contribution < -0.4 is 16.0 Å². The average Bonchev–Trinajstić information content (AvgIpc) is 2.76. The fraction of sp³-hybridized carbons (Fsp3) is 0.333. The number of carbonyl (C=O) groups excluding carboxylic acids is 3. The molecule has 0 aliphatic heterocycles. The van der Waals surface area contributed by atoms with Crippen LogP contribution in [0.1, 0.15) is 49.0 Å². The molecule has 32 heavy (non-hydrogen) atoms. The number of esters is 1. The minimum atomic E-state index is -0.414. The first kappa shape index (κ1) is 25.0. The first-order chi connectivity index (χ1) is 15.3. The van der Waals surface area contributed by atoms with Crippen molar-refractivity contribution in [3.63, 3.8) is 0 Å². The van der Waals surface area contributed by atoms with E-state index < -0.39 is 5.97 Å². The quantitative estimate of drug-likeness (QED) is 0.288. The van der Waals surface area contributed by atoms with Crippen LogP contribution in [0.4, 0.5) is 5.69 Å². The molecule has 2 rings (SSSR count). The molecule has 0 fully saturated rings. The van der Waals surface area contributed by atoms with E-state index in [0.29, 0.717) is 17.9 Å². The lowest BCUT2D eigenvalue weighted by Gasteiger charge is -2.11. The maximum absolute atomic E-state index is 12.0. The van der Waals surface area contributed by atoms with E-state index >= 15 is 0 Å². The molecule has 0 unspecified atom stereocenters. The van der Waals surface area contributed by atoms with E-state index in [-0.39, 0.29) is 35.8 Å². The van der Waals surface area contributed by atoms with Crippen LogP contribution in [0.25, 0.3) is 0 Å². The Labute approximate surface area is 193 Å². The largest absolute Gasteiger partial charge is 0.466 e. The lowest BCUT2D eigenvalue weighted by molar-refractivity contribution is -0.145. The lowest BCUT2D eigenvalue weighted by atomic mass is 10.1. The topological polar surface area (TPSA) is 96.5 Å². The van der Waals surface area contributed by atoms with Gasteiger partial charge in [-0.3, -0.25) is 14.4 Å². The summed E-state index contributed by atoms with van der Waals surface area (Å²) in [6.07, 6.45) is 1.53.